The number of carbonyl (C=O) groups is 2. The zero-order chi connectivity index (χ0) is 19.3. The van der Waals surface area contributed by atoms with Crippen molar-refractivity contribution in [1.82, 2.24) is 14.8 Å². The van der Waals surface area contributed by atoms with Crippen molar-refractivity contribution in [2.75, 3.05) is 26.2 Å². The monoisotopic (exact) mass is 383 g/mol. The van der Waals surface area contributed by atoms with Gasteiger partial charge in [0.05, 0.1) is 11.6 Å². The Hall–Kier alpha value is -1.91. The minimum absolute atomic E-state index is 0.0986. The molecule has 2 fully saturated rings. The van der Waals surface area contributed by atoms with Gasteiger partial charge in [-0.25, -0.2) is 0 Å². The standard InChI is InChI=1S/C23H33N3O2/c27-21(12-11-18-6-2-1-3-7-18)25-14-16-26(17-15-25)23(28)20-10-4-8-19-9-5-13-24-22(19)20/h5,9,13,18,20H,1-4,6-8,10-12,14-17H2/t20-/m1/s1. The lowest BCUT2D eigenvalue weighted by Gasteiger charge is -2.37. The van der Waals surface area contributed by atoms with Gasteiger partial charge in [-0.1, -0.05) is 38.2 Å². The molecule has 5 nitrogen and oxygen atoms in total. The maximum Gasteiger partial charge on any atom is 0.231 e. The van der Waals surface area contributed by atoms with Gasteiger partial charge in [-0.05, 0) is 43.2 Å². The van der Waals surface area contributed by atoms with Gasteiger partial charge >= 0.3 is 0 Å². The summed E-state index contributed by atoms with van der Waals surface area (Å²) >= 11 is 0. The largest absolute Gasteiger partial charge is 0.339 e. The van der Waals surface area contributed by atoms with Gasteiger partial charge in [0.1, 0.15) is 0 Å². The fraction of sp³-hybridized carbons (Fsp3) is 0.696. The highest BCUT2D eigenvalue weighted by molar-refractivity contribution is 5.84. The Morgan fingerprint density at radius 3 is 2.50 bits per heavy atom. The van der Waals surface area contributed by atoms with Crippen molar-refractivity contribution < 1.29 is 9.59 Å². The summed E-state index contributed by atoms with van der Waals surface area (Å²) in [4.78, 5) is 34.1. The lowest BCUT2D eigenvalue weighted by Crippen LogP contribution is -2.52. The molecular formula is C23H33N3O2. The van der Waals surface area contributed by atoms with Crippen LogP contribution in [0.5, 0.6) is 0 Å². The van der Waals surface area contributed by atoms with Gasteiger partial charge in [0.2, 0.25) is 11.8 Å². The minimum Gasteiger partial charge on any atom is -0.339 e. The number of hydrogen-bond acceptors (Lipinski definition) is 3. The molecule has 3 aliphatic rings. The van der Waals surface area contributed by atoms with Crippen LogP contribution in [0.2, 0.25) is 0 Å². The Morgan fingerprint density at radius 2 is 1.71 bits per heavy atom. The summed E-state index contributed by atoms with van der Waals surface area (Å²) in [5, 5.41) is 0. The van der Waals surface area contributed by atoms with Crippen LogP contribution < -0.4 is 0 Å². The topological polar surface area (TPSA) is 53.5 Å². The predicted octanol–water partition coefficient (Wildman–Crippen LogP) is 3.53. The number of pyridine rings is 1. The molecule has 0 aromatic carbocycles. The molecule has 28 heavy (non-hydrogen) atoms. The number of aryl methyl sites for hydroxylation is 1. The average Bonchev–Trinajstić information content (AvgIpc) is 2.77. The van der Waals surface area contributed by atoms with Crippen LogP contribution in [0.25, 0.3) is 0 Å². The molecule has 0 bridgehead atoms. The second-order valence-electron chi connectivity index (χ2n) is 8.74. The first-order chi connectivity index (χ1) is 13.7. The van der Waals surface area contributed by atoms with E-state index in [-0.39, 0.29) is 17.7 Å². The van der Waals surface area contributed by atoms with E-state index in [0.29, 0.717) is 32.6 Å². The fourth-order valence-corrected chi connectivity index (χ4v) is 5.21. The molecule has 2 aliphatic carbocycles. The van der Waals surface area contributed by atoms with E-state index in [9.17, 15) is 9.59 Å². The fourth-order valence-electron chi connectivity index (χ4n) is 5.21. The highest BCUT2D eigenvalue weighted by Gasteiger charge is 2.33. The number of hydrogen-bond donors (Lipinski definition) is 0. The van der Waals surface area contributed by atoms with Crippen LogP contribution in [0.3, 0.4) is 0 Å². The molecule has 1 aliphatic heterocycles. The lowest BCUT2D eigenvalue weighted by atomic mass is 9.85. The Bertz CT molecular complexity index is 691. The second kappa shape index (κ2) is 9.06. The average molecular weight is 384 g/mol. The number of aromatic nitrogens is 1. The third-order valence-electron chi connectivity index (χ3n) is 6.93. The van der Waals surface area contributed by atoms with Crippen LogP contribution >= 0.6 is 0 Å². The summed E-state index contributed by atoms with van der Waals surface area (Å²) in [6, 6.07) is 4.06. The second-order valence-corrected chi connectivity index (χ2v) is 8.74. The molecule has 0 spiro atoms. The molecule has 2 amide bonds. The Morgan fingerprint density at radius 1 is 0.964 bits per heavy atom. The lowest BCUT2D eigenvalue weighted by molar-refractivity contribution is -0.140. The van der Waals surface area contributed by atoms with Crippen LogP contribution in [0, 0.1) is 5.92 Å². The third kappa shape index (κ3) is 4.39. The number of nitrogens with zero attached hydrogens (tertiary/aromatic N) is 3. The summed E-state index contributed by atoms with van der Waals surface area (Å²) in [5.74, 6) is 1.13. The molecule has 2 heterocycles. The van der Waals surface area contributed by atoms with E-state index in [2.05, 4.69) is 11.1 Å². The van der Waals surface area contributed by atoms with Crippen LogP contribution in [-0.4, -0.2) is 52.8 Å². The molecule has 1 aromatic heterocycles. The Kier molecular flexibility index (Phi) is 6.28. The first-order valence-corrected chi connectivity index (χ1v) is 11.2. The highest BCUT2D eigenvalue weighted by Crippen LogP contribution is 2.32. The van der Waals surface area contributed by atoms with Gasteiger partial charge in [0, 0.05) is 38.8 Å². The van der Waals surface area contributed by atoms with Crippen LogP contribution in [-0.2, 0) is 16.0 Å². The molecule has 1 saturated heterocycles. The third-order valence-corrected chi connectivity index (χ3v) is 6.93. The van der Waals surface area contributed by atoms with Gasteiger partial charge in [0.15, 0.2) is 0 Å². The number of rotatable bonds is 4. The summed E-state index contributed by atoms with van der Waals surface area (Å²) < 4.78 is 0. The molecule has 1 atom stereocenters. The van der Waals surface area contributed by atoms with E-state index < -0.39 is 0 Å². The van der Waals surface area contributed by atoms with Gasteiger partial charge in [-0.2, -0.15) is 0 Å². The summed E-state index contributed by atoms with van der Waals surface area (Å²) in [5.41, 5.74) is 2.20. The van der Waals surface area contributed by atoms with Crippen molar-refractivity contribution in [2.45, 2.75) is 70.1 Å². The van der Waals surface area contributed by atoms with Crippen molar-refractivity contribution in [1.29, 1.82) is 0 Å². The van der Waals surface area contributed by atoms with E-state index in [0.717, 1.165) is 37.3 Å². The zero-order valence-corrected chi connectivity index (χ0v) is 16.9. The first kappa shape index (κ1) is 19.4. The van der Waals surface area contributed by atoms with E-state index in [1.54, 1.807) is 6.20 Å². The Labute approximate surface area is 168 Å². The van der Waals surface area contributed by atoms with E-state index >= 15 is 0 Å². The molecule has 5 heteroatoms. The maximum atomic E-state index is 13.1. The van der Waals surface area contributed by atoms with Gasteiger partial charge in [0.25, 0.3) is 0 Å². The van der Waals surface area contributed by atoms with Gasteiger partial charge in [-0.15, -0.1) is 0 Å². The molecule has 0 unspecified atom stereocenters. The van der Waals surface area contributed by atoms with E-state index in [1.807, 2.05) is 15.9 Å². The molecule has 1 saturated carbocycles. The number of fused-ring (bicyclic) bond motifs is 1. The molecule has 4 rings (SSSR count). The van der Waals surface area contributed by atoms with Crippen molar-refractivity contribution in [3.05, 3.63) is 29.6 Å². The van der Waals surface area contributed by atoms with E-state index in [1.165, 1.54) is 37.7 Å². The normalized spacial score (nSPS) is 23.4. The highest BCUT2D eigenvalue weighted by atomic mass is 16.2. The number of carbonyl (C=O) groups excluding carboxylic acids is 2. The minimum atomic E-state index is -0.0986. The van der Waals surface area contributed by atoms with Crippen LogP contribution in [0.15, 0.2) is 18.3 Å². The molecule has 0 N–H and O–H groups in total. The SMILES string of the molecule is O=C(CCC1CCCCC1)N1CCN(C(=O)[C@@H]2CCCc3cccnc32)CC1. The van der Waals surface area contributed by atoms with E-state index in [4.69, 9.17) is 0 Å². The molecule has 1 aromatic rings. The van der Waals surface area contributed by atoms with Crippen LogP contribution in [0.4, 0.5) is 0 Å². The zero-order valence-electron chi connectivity index (χ0n) is 16.9. The molecule has 0 radical (unpaired) electrons. The van der Waals surface area contributed by atoms with Crippen LogP contribution in [0.1, 0.15) is 75.0 Å². The Balaban J connectivity index is 1.27. The number of amides is 2. The van der Waals surface area contributed by atoms with Gasteiger partial charge < -0.3 is 9.80 Å². The summed E-state index contributed by atoms with van der Waals surface area (Å²) in [6.07, 6.45) is 13.1. The first-order valence-electron chi connectivity index (χ1n) is 11.2. The maximum absolute atomic E-state index is 13.1. The van der Waals surface area contributed by atoms with Crippen molar-refractivity contribution in [3.63, 3.8) is 0 Å². The number of piperazine rings is 1. The smallest absolute Gasteiger partial charge is 0.231 e. The van der Waals surface area contributed by atoms with Gasteiger partial charge in [-0.3, -0.25) is 14.6 Å². The van der Waals surface area contributed by atoms with Crippen molar-refractivity contribution in [3.8, 4) is 0 Å². The summed E-state index contributed by atoms with van der Waals surface area (Å²) in [7, 11) is 0. The van der Waals surface area contributed by atoms with Crippen molar-refractivity contribution in [2.24, 2.45) is 5.92 Å². The quantitative estimate of drug-likeness (QED) is 0.799. The molecule has 152 valence electrons. The summed E-state index contributed by atoms with van der Waals surface area (Å²) in [6.45, 7) is 2.67. The van der Waals surface area contributed by atoms with Crippen molar-refractivity contribution >= 4 is 11.8 Å². The molecular weight excluding hydrogens is 350 g/mol. The predicted molar refractivity (Wildman–Crippen MR) is 109 cm³/mol.